The number of amides is 1. The monoisotopic (exact) mass is 480 g/mol. The number of rotatable bonds is 3. The number of pyridine rings is 1. The van der Waals surface area contributed by atoms with Gasteiger partial charge in [-0.2, -0.15) is 5.26 Å². The Morgan fingerprint density at radius 1 is 1.27 bits per heavy atom. The summed E-state index contributed by atoms with van der Waals surface area (Å²) < 4.78 is 60.7. The highest BCUT2D eigenvalue weighted by Gasteiger charge is 2.32. The number of aromatic amines is 1. The van der Waals surface area contributed by atoms with Crippen molar-refractivity contribution in [3.63, 3.8) is 0 Å². The number of nitrogens with zero attached hydrogens (tertiary/aromatic N) is 3. The largest absolute Gasteiger partial charge is 0.435 e. The number of aromatic nitrogens is 3. The van der Waals surface area contributed by atoms with Crippen LogP contribution in [0.2, 0.25) is 0 Å². The third kappa shape index (κ3) is 3.24. The Kier molecular flexibility index (Phi) is 5.01. The summed E-state index contributed by atoms with van der Waals surface area (Å²) in [5.41, 5.74) is 8.81. The summed E-state index contributed by atoms with van der Waals surface area (Å²) in [5.74, 6) is -8.63. The van der Waals surface area contributed by atoms with Crippen molar-refractivity contribution in [1.29, 1.82) is 5.26 Å². The molecule has 1 amide bonds. The molecule has 6 N–H and O–H groups in total. The molecule has 0 aliphatic heterocycles. The number of H-pyrrole nitrogens is 1. The van der Waals surface area contributed by atoms with E-state index in [0.717, 1.165) is 4.68 Å². The lowest BCUT2D eigenvalue weighted by molar-refractivity contribution is -0.730. The number of aryl methyl sites for hydroxylation is 1. The van der Waals surface area contributed by atoms with Crippen LogP contribution >= 0.6 is 11.3 Å². The van der Waals surface area contributed by atoms with Crippen LogP contribution in [0, 0.1) is 34.6 Å². The van der Waals surface area contributed by atoms with Crippen LogP contribution in [0.4, 0.5) is 34.8 Å². The van der Waals surface area contributed by atoms with E-state index in [4.69, 9.17) is 16.0 Å². The fourth-order valence-corrected chi connectivity index (χ4v) is 4.16. The van der Waals surface area contributed by atoms with Crippen LogP contribution in [0.3, 0.4) is 0 Å². The number of nitrogen functional groups attached to an aromatic ring is 2. The average Bonchev–Trinajstić information content (AvgIpc) is 3.27. The van der Waals surface area contributed by atoms with E-state index < -0.39 is 40.5 Å². The molecule has 15 heteroatoms. The minimum atomic E-state index is -1.83. The summed E-state index contributed by atoms with van der Waals surface area (Å²) in [6.07, 6.45) is 0. The Balaban J connectivity index is 1.95. The standard InChI is InChI=1S/C18H9F4N7O3S/c1-29-13(18(31)32-28-29)7-4(3-23)15(25)27-17-8(7)11(24)14(33-17)16(30)26-12-9(21)5(19)2-6(20)10(12)22/h2H,1H3,(H5-,24,25,26,27,28,30,31)/p+1. The second-order valence-corrected chi connectivity index (χ2v) is 7.57. The predicted octanol–water partition coefficient (Wildman–Crippen LogP) is 1.91. The first kappa shape index (κ1) is 21.8. The van der Waals surface area contributed by atoms with E-state index in [1.807, 2.05) is 0 Å². The molecule has 4 aromatic rings. The maximum absolute atomic E-state index is 14.0. The number of hydrogen-bond acceptors (Lipinski definition) is 8. The summed E-state index contributed by atoms with van der Waals surface area (Å²) >= 11 is 0.606. The number of nitrogens with two attached hydrogens (primary N) is 2. The molecule has 0 fully saturated rings. The second-order valence-electron chi connectivity index (χ2n) is 6.57. The third-order valence-electron chi connectivity index (χ3n) is 4.61. The van der Waals surface area contributed by atoms with E-state index in [1.54, 1.807) is 11.4 Å². The molecule has 0 bridgehead atoms. The number of halogens is 4. The number of thiophene rings is 1. The molecular weight excluding hydrogens is 470 g/mol. The SMILES string of the molecule is C[n+]1[nH]oc(=O)c1-c1c(C#N)c(N)nc2sc(C(=O)Nc3c(F)c(F)cc(F)c3F)c(N)c12. The van der Waals surface area contributed by atoms with Crippen LogP contribution in [-0.4, -0.2) is 16.2 Å². The van der Waals surface area contributed by atoms with Gasteiger partial charge in [-0.15, -0.1) is 11.3 Å². The summed E-state index contributed by atoms with van der Waals surface area (Å²) in [6.45, 7) is 0. The van der Waals surface area contributed by atoms with E-state index in [2.05, 4.69) is 10.3 Å². The van der Waals surface area contributed by atoms with Gasteiger partial charge in [-0.1, -0.05) is 4.68 Å². The molecule has 0 unspecified atom stereocenters. The van der Waals surface area contributed by atoms with Crippen LogP contribution < -0.4 is 27.1 Å². The summed E-state index contributed by atoms with van der Waals surface area (Å²) in [5, 5.41) is 13.5. The van der Waals surface area contributed by atoms with Crippen molar-refractivity contribution in [2.24, 2.45) is 7.05 Å². The van der Waals surface area contributed by atoms with Crippen LogP contribution in [0.1, 0.15) is 15.2 Å². The van der Waals surface area contributed by atoms with Gasteiger partial charge in [0.2, 0.25) is 0 Å². The maximum atomic E-state index is 14.0. The number of carbonyl (C=O) groups is 1. The van der Waals surface area contributed by atoms with Gasteiger partial charge in [-0.3, -0.25) is 9.32 Å². The van der Waals surface area contributed by atoms with E-state index in [1.165, 1.54) is 7.05 Å². The molecule has 33 heavy (non-hydrogen) atoms. The summed E-state index contributed by atoms with van der Waals surface area (Å²) in [7, 11) is 1.39. The molecule has 3 aromatic heterocycles. The lowest BCUT2D eigenvalue weighted by atomic mass is 10.0. The number of fused-ring (bicyclic) bond motifs is 1. The normalized spacial score (nSPS) is 11.0. The molecular formula is C18H10F4N7O3S+. The summed E-state index contributed by atoms with van der Waals surface area (Å²) in [6, 6.07) is 1.79. The maximum Gasteiger partial charge on any atom is 0.435 e. The molecule has 168 valence electrons. The highest BCUT2D eigenvalue weighted by Crippen LogP contribution is 2.41. The molecule has 0 saturated carbocycles. The number of hydrogen-bond donors (Lipinski definition) is 4. The van der Waals surface area contributed by atoms with Crippen molar-refractivity contribution < 1.29 is 31.6 Å². The van der Waals surface area contributed by atoms with Crippen LogP contribution in [-0.2, 0) is 7.05 Å². The van der Waals surface area contributed by atoms with Gasteiger partial charge in [-0.05, 0) is 5.27 Å². The van der Waals surface area contributed by atoms with E-state index in [0.29, 0.717) is 11.3 Å². The minimum absolute atomic E-state index is 0.00360. The van der Waals surface area contributed by atoms with Gasteiger partial charge < -0.3 is 16.8 Å². The molecule has 10 nitrogen and oxygen atoms in total. The molecule has 0 atom stereocenters. The van der Waals surface area contributed by atoms with Crippen molar-refractivity contribution in [3.8, 4) is 17.3 Å². The fraction of sp³-hybridized carbons (Fsp3) is 0.0556. The molecule has 3 heterocycles. The average molecular weight is 480 g/mol. The minimum Gasteiger partial charge on any atom is -0.397 e. The van der Waals surface area contributed by atoms with Crippen LogP contribution in [0.25, 0.3) is 21.5 Å². The molecule has 1 aromatic carbocycles. The zero-order valence-corrected chi connectivity index (χ0v) is 17.0. The van der Waals surface area contributed by atoms with Crippen molar-refractivity contribution in [2.75, 3.05) is 16.8 Å². The van der Waals surface area contributed by atoms with Crippen molar-refractivity contribution >= 4 is 44.7 Å². The second kappa shape index (κ2) is 7.60. The number of carbonyl (C=O) groups excluding carboxylic acids is 1. The molecule has 4 rings (SSSR count). The van der Waals surface area contributed by atoms with Gasteiger partial charge in [0.05, 0.1) is 16.6 Å². The zero-order valence-electron chi connectivity index (χ0n) is 16.2. The van der Waals surface area contributed by atoms with Crippen molar-refractivity contribution in [2.45, 2.75) is 0 Å². The van der Waals surface area contributed by atoms with Crippen molar-refractivity contribution in [3.05, 3.63) is 50.2 Å². The molecule has 0 saturated heterocycles. The van der Waals surface area contributed by atoms with Gasteiger partial charge in [0.25, 0.3) is 5.91 Å². The van der Waals surface area contributed by atoms with Gasteiger partial charge in [0.1, 0.15) is 32.8 Å². The van der Waals surface area contributed by atoms with E-state index in [9.17, 15) is 32.4 Å². The van der Waals surface area contributed by atoms with Gasteiger partial charge in [-0.25, -0.2) is 27.3 Å². The molecule has 0 aliphatic carbocycles. The topological polar surface area (TPSA) is 168 Å². The first-order chi connectivity index (χ1) is 15.6. The van der Waals surface area contributed by atoms with Gasteiger partial charge >= 0.3 is 11.3 Å². The third-order valence-corrected chi connectivity index (χ3v) is 5.71. The highest BCUT2D eigenvalue weighted by molar-refractivity contribution is 7.21. The Hall–Kier alpha value is -4.45. The number of benzene rings is 1. The Bertz CT molecular complexity index is 1560. The number of nitrogens with one attached hydrogen (secondary N) is 2. The summed E-state index contributed by atoms with van der Waals surface area (Å²) in [4.78, 5) is 28.6. The Labute approximate surface area is 183 Å². The zero-order chi connectivity index (χ0) is 24.2. The quantitative estimate of drug-likeness (QED) is 0.197. The van der Waals surface area contributed by atoms with Gasteiger partial charge in [0, 0.05) is 6.07 Å². The Morgan fingerprint density at radius 3 is 2.45 bits per heavy atom. The highest BCUT2D eigenvalue weighted by atomic mass is 32.1. The Morgan fingerprint density at radius 2 is 1.91 bits per heavy atom. The predicted molar refractivity (Wildman–Crippen MR) is 107 cm³/mol. The van der Waals surface area contributed by atoms with E-state index in [-0.39, 0.29) is 49.5 Å². The molecule has 0 spiro atoms. The first-order valence-electron chi connectivity index (χ1n) is 8.70. The van der Waals surface area contributed by atoms with Crippen LogP contribution in [0.15, 0.2) is 15.4 Å². The lowest BCUT2D eigenvalue weighted by Crippen LogP contribution is -2.34. The first-order valence-corrected chi connectivity index (χ1v) is 9.52. The van der Waals surface area contributed by atoms with Crippen molar-refractivity contribution in [1.82, 2.24) is 10.3 Å². The lowest BCUT2D eigenvalue weighted by Gasteiger charge is -2.08. The van der Waals surface area contributed by atoms with E-state index >= 15 is 0 Å². The fourth-order valence-electron chi connectivity index (χ4n) is 3.15. The number of anilines is 3. The number of nitriles is 1. The molecule has 0 radical (unpaired) electrons. The smallest absolute Gasteiger partial charge is 0.397 e. The molecule has 0 aliphatic rings. The van der Waals surface area contributed by atoms with Crippen LogP contribution in [0.5, 0.6) is 0 Å². The van der Waals surface area contributed by atoms with Gasteiger partial charge in [0.15, 0.2) is 30.3 Å².